The van der Waals surface area contributed by atoms with Gasteiger partial charge in [0, 0.05) is 11.8 Å². The van der Waals surface area contributed by atoms with Gasteiger partial charge < -0.3 is 10.6 Å². The molecule has 6 nitrogen and oxygen atoms in total. The summed E-state index contributed by atoms with van der Waals surface area (Å²) in [5.74, 6) is 0.991. The van der Waals surface area contributed by atoms with E-state index in [2.05, 4.69) is 20.6 Å². The van der Waals surface area contributed by atoms with Crippen LogP contribution in [0.3, 0.4) is 0 Å². The van der Waals surface area contributed by atoms with Gasteiger partial charge in [0.1, 0.15) is 0 Å². The molecule has 0 aliphatic heterocycles. The first-order valence-electron chi connectivity index (χ1n) is 10.2. The van der Waals surface area contributed by atoms with E-state index in [1.54, 1.807) is 0 Å². The number of carbonyl (C=O) groups excluding carboxylic acids is 2. The summed E-state index contributed by atoms with van der Waals surface area (Å²) in [6, 6.07) is 0. The van der Waals surface area contributed by atoms with Crippen LogP contribution in [0.5, 0.6) is 0 Å². The van der Waals surface area contributed by atoms with Crippen molar-refractivity contribution in [3.8, 4) is 0 Å². The van der Waals surface area contributed by atoms with Crippen LogP contribution in [0.2, 0.25) is 0 Å². The maximum atomic E-state index is 12.5. The van der Waals surface area contributed by atoms with Gasteiger partial charge in [0.2, 0.25) is 11.8 Å². The molecule has 0 bridgehead atoms. The molecule has 3 rings (SSSR count). The van der Waals surface area contributed by atoms with Crippen LogP contribution in [-0.2, 0) is 9.59 Å². The zero-order valence-electron chi connectivity index (χ0n) is 15.5. The average Bonchev–Trinajstić information content (AvgIpc) is 3.07. The summed E-state index contributed by atoms with van der Waals surface area (Å²) in [6.07, 6.45) is 16.2. The molecule has 2 aliphatic carbocycles. The van der Waals surface area contributed by atoms with Gasteiger partial charge in [-0.15, -0.1) is 0 Å². The fourth-order valence-corrected chi connectivity index (χ4v) is 4.03. The normalized spacial score (nSPS) is 20.0. The number of rotatable bonds is 4. The van der Waals surface area contributed by atoms with Crippen LogP contribution in [0.1, 0.15) is 77.0 Å². The third kappa shape index (κ3) is 5.51. The molecule has 0 unspecified atom stereocenters. The van der Waals surface area contributed by atoms with E-state index in [1.807, 2.05) is 0 Å². The van der Waals surface area contributed by atoms with Crippen molar-refractivity contribution in [1.29, 1.82) is 0 Å². The van der Waals surface area contributed by atoms with Gasteiger partial charge in [0.15, 0.2) is 11.6 Å². The highest BCUT2D eigenvalue weighted by molar-refractivity contribution is 5.93. The molecule has 0 radical (unpaired) electrons. The SMILES string of the molecule is O=C(Nc1cncc(NC(=O)C2CCCCCC2)n1)C1CCCCCC1. The molecule has 1 heterocycles. The van der Waals surface area contributed by atoms with Crippen LogP contribution < -0.4 is 10.6 Å². The number of hydrogen-bond acceptors (Lipinski definition) is 4. The number of anilines is 2. The Hall–Kier alpha value is -1.98. The van der Waals surface area contributed by atoms with E-state index < -0.39 is 0 Å². The topological polar surface area (TPSA) is 84.0 Å². The van der Waals surface area contributed by atoms with Gasteiger partial charge in [-0.3, -0.25) is 14.6 Å². The van der Waals surface area contributed by atoms with Crippen molar-refractivity contribution in [1.82, 2.24) is 9.97 Å². The second kappa shape index (κ2) is 9.64. The molecule has 0 saturated heterocycles. The van der Waals surface area contributed by atoms with Gasteiger partial charge in [-0.2, -0.15) is 0 Å². The predicted octanol–water partition coefficient (Wildman–Crippen LogP) is 4.29. The molecule has 1 aromatic heterocycles. The average molecular weight is 358 g/mol. The third-order valence-corrected chi connectivity index (χ3v) is 5.59. The minimum Gasteiger partial charge on any atom is -0.309 e. The fourth-order valence-electron chi connectivity index (χ4n) is 4.03. The van der Waals surface area contributed by atoms with E-state index in [1.165, 1.54) is 38.1 Å². The van der Waals surface area contributed by atoms with Crippen LogP contribution in [0.4, 0.5) is 11.6 Å². The van der Waals surface area contributed by atoms with E-state index in [4.69, 9.17) is 0 Å². The zero-order valence-corrected chi connectivity index (χ0v) is 15.5. The smallest absolute Gasteiger partial charge is 0.228 e. The summed E-state index contributed by atoms with van der Waals surface area (Å²) in [7, 11) is 0. The third-order valence-electron chi connectivity index (χ3n) is 5.59. The predicted molar refractivity (Wildman–Crippen MR) is 102 cm³/mol. The molecule has 2 N–H and O–H groups in total. The summed E-state index contributed by atoms with van der Waals surface area (Å²) in [5.41, 5.74) is 0. The molecule has 0 spiro atoms. The van der Waals surface area contributed by atoms with Crippen LogP contribution in [0.25, 0.3) is 0 Å². The summed E-state index contributed by atoms with van der Waals surface area (Å²) in [5, 5.41) is 5.76. The minimum absolute atomic E-state index is 0.0217. The summed E-state index contributed by atoms with van der Waals surface area (Å²) in [4.78, 5) is 33.4. The van der Waals surface area contributed by atoms with Gasteiger partial charge in [0.05, 0.1) is 12.4 Å². The Balaban J connectivity index is 1.57. The molecule has 6 heteroatoms. The first-order valence-corrected chi connectivity index (χ1v) is 10.2. The zero-order chi connectivity index (χ0) is 18.2. The molecular weight excluding hydrogens is 328 g/mol. The van der Waals surface area contributed by atoms with Crippen molar-refractivity contribution in [2.75, 3.05) is 10.6 Å². The Kier molecular flexibility index (Phi) is 6.97. The lowest BCUT2D eigenvalue weighted by molar-refractivity contribution is -0.121. The van der Waals surface area contributed by atoms with Gasteiger partial charge >= 0.3 is 0 Å². The van der Waals surface area contributed by atoms with Crippen LogP contribution in [0.15, 0.2) is 12.4 Å². The van der Waals surface area contributed by atoms with Crippen LogP contribution in [0, 0.1) is 11.8 Å². The largest absolute Gasteiger partial charge is 0.309 e. The lowest BCUT2D eigenvalue weighted by atomic mass is 9.99. The maximum Gasteiger partial charge on any atom is 0.228 e. The van der Waals surface area contributed by atoms with Crippen molar-refractivity contribution in [2.24, 2.45) is 11.8 Å². The molecule has 2 fully saturated rings. The van der Waals surface area contributed by atoms with Crippen molar-refractivity contribution in [3.63, 3.8) is 0 Å². The van der Waals surface area contributed by atoms with Gasteiger partial charge in [-0.25, -0.2) is 4.98 Å². The Morgan fingerprint density at radius 1 is 0.692 bits per heavy atom. The number of carbonyl (C=O) groups is 2. The number of nitrogens with one attached hydrogen (secondary N) is 2. The second-order valence-corrected chi connectivity index (χ2v) is 7.65. The highest BCUT2D eigenvalue weighted by Gasteiger charge is 2.22. The molecule has 2 amide bonds. The molecule has 2 aliphatic rings. The molecule has 0 atom stereocenters. The molecule has 142 valence electrons. The van der Waals surface area contributed by atoms with Crippen molar-refractivity contribution < 1.29 is 9.59 Å². The van der Waals surface area contributed by atoms with Crippen LogP contribution in [-0.4, -0.2) is 21.8 Å². The van der Waals surface area contributed by atoms with Crippen molar-refractivity contribution in [2.45, 2.75) is 77.0 Å². The highest BCUT2D eigenvalue weighted by atomic mass is 16.2. The number of amides is 2. The minimum atomic E-state index is 0.0217. The summed E-state index contributed by atoms with van der Waals surface area (Å²) >= 11 is 0. The van der Waals surface area contributed by atoms with Gasteiger partial charge in [-0.1, -0.05) is 51.4 Å². The van der Waals surface area contributed by atoms with Gasteiger partial charge in [-0.05, 0) is 25.7 Å². The molecule has 0 aromatic carbocycles. The molecule has 26 heavy (non-hydrogen) atoms. The Labute approximate surface area is 155 Å². The first-order chi connectivity index (χ1) is 12.7. The monoisotopic (exact) mass is 358 g/mol. The molecular formula is C20H30N4O2. The van der Waals surface area contributed by atoms with E-state index in [9.17, 15) is 9.59 Å². The number of nitrogens with zero attached hydrogens (tertiary/aromatic N) is 2. The maximum absolute atomic E-state index is 12.5. The molecule has 1 aromatic rings. The van der Waals surface area contributed by atoms with E-state index >= 15 is 0 Å². The first kappa shape index (κ1) is 18.8. The van der Waals surface area contributed by atoms with Gasteiger partial charge in [0.25, 0.3) is 0 Å². The quantitative estimate of drug-likeness (QED) is 0.786. The van der Waals surface area contributed by atoms with E-state index in [0.717, 1.165) is 51.4 Å². The standard InChI is InChI=1S/C20H30N4O2/c25-19(15-9-5-1-2-6-10-15)23-17-13-21-14-18(22-17)24-20(26)16-11-7-3-4-8-12-16/h13-16H,1-12H2,(H2,22,23,24,25,26). The molecule has 2 saturated carbocycles. The number of hydrogen-bond donors (Lipinski definition) is 2. The Morgan fingerprint density at radius 3 is 1.46 bits per heavy atom. The summed E-state index contributed by atoms with van der Waals surface area (Å²) < 4.78 is 0. The van der Waals surface area contributed by atoms with Crippen molar-refractivity contribution in [3.05, 3.63) is 12.4 Å². The summed E-state index contributed by atoms with van der Waals surface area (Å²) in [6.45, 7) is 0. The second-order valence-electron chi connectivity index (χ2n) is 7.65. The fraction of sp³-hybridized carbons (Fsp3) is 0.700. The number of aromatic nitrogens is 2. The van der Waals surface area contributed by atoms with Crippen LogP contribution >= 0.6 is 0 Å². The lowest BCUT2D eigenvalue weighted by Crippen LogP contribution is -2.25. The van der Waals surface area contributed by atoms with Crippen molar-refractivity contribution >= 4 is 23.5 Å². The Morgan fingerprint density at radius 2 is 1.08 bits per heavy atom. The van der Waals surface area contributed by atoms with E-state index in [0.29, 0.717) is 11.6 Å². The lowest BCUT2D eigenvalue weighted by Gasteiger charge is -2.15. The highest BCUT2D eigenvalue weighted by Crippen LogP contribution is 2.25. The Bertz CT molecular complexity index is 554. The van der Waals surface area contributed by atoms with E-state index in [-0.39, 0.29) is 23.7 Å².